The van der Waals surface area contributed by atoms with E-state index in [2.05, 4.69) is 18.7 Å². The third kappa shape index (κ3) is 3.15. The zero-order valence-corrected chi connectivity index (χ0v) is 12.6. The summed E-state index contributed by atoms with van der Waals surface area (Å²) in [4.78, 5) is 2.96. The molecule has 1 saturated heterocycles. The molecule has 98 valence electrons. The number of thiocarbonyl (C=S) groups is 1. The summed E-state index contributed by atoms with van der Waals surface area (Å²) in [6.07, 6.45) is 0.379. The predicted octanol–water partition coefficient (Wildman–Crippen LogP) is 3.78. The molecular formula is C13H15Cl2NOS. The van der Waals surface area contributed by atoms with Gasteiger partial charge in [0.05, 0.1) is 22.3 Å². The van der Waals surface area contributed by atoms with Crippen molar-refractivity contribution in [1.82, 2.24) is 4.90 Å². The van der Waals surface area contributed by atoms with Crippen molar-refractivity contribution in [2.45, 2.75) is 26.1 Å². The lowest BCUT2D eigenvalue weighted by Crippen LogP contribution is -2.47. The van der Waals surface area contributed by atoms with Crippen LogP contribution in [0.4, 0.5) is 0 Å². The number of rotatable bonds is 1. The summed E-state index contributed by atoms with van der Waals surface area (Å²) in [5, 5.41) is 1.08. The lowest BCUT2D eigenvalue weighted by Gasteiger charge is -2.37. The van der Waals surface area contributed by atoms with E-state index in [1.807, 2.05) is 12.1 Å². The van der Waals surface area contributed by atoms with Gasteiger partial charge in [-0.1, -0.05) is 41.5 Å². The van der Waals surface area contributed by atoms with Crippen LogP contribution in [-0.2, 0) is 4.74 Å². The predicted molar refractivity (Wildman–Crippen MR) is 79.7 cm³/mol. The molecule has 18 heavy (non-hydrogen) atoms. The maximum Gasteiger partial charge on any atom is 0.109 e. The van der Waals surface area contributed by atoms with Crippen LogP contribution in [0.5, 0.6) is 0 Å². The minimum Gasteiger partial charge on any atom is -0.372 e. The first-order valence-electron chi connectivity index (χ1n) is 5.87. The van der Waals surface area contributed by atoms with Gasteiger partial charge in [-0.25, -0.2) is 0 Å². The van der Waals surface area contributed by atoms with Gasteiger partial charge in [0.1, 0.15) is 4.99 Å². The Labute approximate surface area is 123 Å². The lowest BCUT2D eigenvalue weighted by atomic mass is 10.1. The molecule has 0 spiro atoms. The van der Waals surface area contributed by atoms with E-state index in [4.69, 9.17) is 40.2 Å². The fourth-order valence-electron chi connectivity index (χ4n) is 2.16. The first-order chi connectivity index (χ1) is 8.47. The van der Waals surface area contributed by atoms with Crippen LogP contribution >= 0.6 is 35.4 Å². The van der Waals surface area contributed by atoms with Gasteiger partial charge in [0.15, 0.2) is 0 Å². The maximum absolute atomic E-state index is 6.02. The average molecular weight is 304 g/mol. The molecule has 2 nitrogen and oxygen atoms in total. The molecular weight excluding hydrogens is 289 g/mol. The van der Waals surface area contributed by atoms with E-state index >= 15 is 0 Å². The third-order valence-electron chi connectivity index (χ3n) is 2.87. The Morgan fingerprint density at radius 2 is 1.83 bits per heavy atom. The van der Waals surface area contributed by atoms with E-state index in [0.29, 0.717) is 10.0 Å². The molecule has 5 heteroatoms. The molecule has 0 bridgehead atoms. The van der Waals surface area contributed by atoms with Crippen LogP contribution in [0.15, 0.2) is 18.2 Å². The van der Waals surface area contributed by atoms with Gasteiger partial charge in [0.2, 0.25) is 0 Å². The summed E-state index contributed by atoms with van der Waals surface area (Å²) in [6, 6.07) is 5.50. The number of nitrogens with zero attached hydrogens (tertiary/aromatic N) is 1. The van der Waals surface area contributed by atoms with E-state index in [1.165, 1.54) is 0 Å². The highest BCUT2D eigenvalue weighted by Gasteiger charge is 2.24. The molecule has 2 unspecified atom stereocenters. The number of morpholine rings is 1. The summed E-state index contributed by atoms with van der Waals surface area (Å²) in [5.41, 5.74) is 0.931. The number of ether oxygens (including phenoxy) is 1. The topological polar surface area (TPSA) is 12.5 Å². The molecule has 0 N–H and O–H groups in total. The second-order valence-electron chi connectivity index (χ2n) is 4.60. The van der Waals surface area contributed by atoms with E-state index in [9.17, 15) is 0 Å². The molecule has 1 aromatic rings. The number of hydrogen-bond donors (Lipinski definition) is 0. The molecule has 1 aromatic carbocycles. The van der Waals surface area contributed by atoms with Crippen LogP contribution in [0.1, 0.15) is 19.4 Å². The van der Waals surface area contributed by atoms with Crippen molar-refractivity contribution in [3.63, 3.8) is 0 Å². The normalized spacial score (nSPS) is 24.1. The zero-order chi connectivity index (χ0) is 13.3. The summed E-state index contributed by atoms with van der Waals surface area (Å²) < 4.78 is 5.70. The highest BCUT2D eigenvalue weighted by atomic mass is 35.5. The second-order valence-corrected chi connectivity index (χ2v) is 5.80. The van der Waals surface area contributed by atoms with Gasteiger partial charge in [0.25, 0.3) is 0 Å². The van der Waals surface area contributed by atoms with E-state index in [-0.39, 0.29) is 12.2 Å². The minimum atomic E-state index is 0.189. The Morgan fingerprint density at radius 1 is 1.22 bits per heavy atom. The average Bonchev–Trinajstić information content (AvgIpc) is 2.30. The van der Waals surface area contributed by atoms with Crippen LogP contribution in [0, 0.1) is 0 Å². The molecule has 0 aromatic heterocycles. The molecule has 0 amide bonds. The van der Waals surface area contributed by atoms with Crippen molar-refractivity contribution in [1.29, 1.82) is 0 Å². The number of benzene rings is 1. The van der Waals surface area contributed by atoms with E-state index < -0.39 is 0 Å². The van der Waals surface area contributed by atoms with Gasteiger partial charge in [-0.15, -0.1) is 0 Å². The molecule has 0 saturated carbocycles. The Kier molecular flexibility index (Phi) is 4.49. The monoisotopic (exact) mass is 303 g/mol. The van der Waals surface area contributed by atoms with Crippen molar-refractivity contribution >= 4 is 40.4 Å². The van der Waals surface area contributed by atoms with E-state index in [0.717, 1.165) is 23.6 Å². The van der Waals surface area contributed by atoms with Crippen LogP contribution < -0.4 is 0 Å². The standard InChI is InChI=1S/C13H15Cl2NOS/c1-8-6-16(7-9(2)17-8)13(18)10-3-4-11(14)12(15)5-10/h3-5,8-9H,6-7H2,1-2H3. The van der Waals surface area contributed by atoms with Gasteiger partial charge >= 0.3 is 0 Å². The second kappa shape index (κ2) is 5.74. The molecule has 2 rings (SSSR count). The van der Waals surface area contributed by atoms with Crippen molar-refractivity contribution < 1.29 is 4.74 Å². The fraction of sp³-hybridized carbons (Fsp3) is 0.462. The summed E-state index contributed by atoms with van der Waals surface area (Å²) >= 11 is 17.4. The van der Waals surface area contributed by atoms with Gasteiger partial charge in [0, 0.05) is 18.7 Å². The largest absolute Gasteiger partial charge is 0.372 e. The SMILES string of the molecule is CC1CN(C(=S)c2ccc(Cl)c(Cl)c2)CC(C)O1. The molecule has 0 aliphatic carbocycles. The van der Waals surface area contributed by atoms with Crippen LogP contribution in [-0.4, -0.2) is 35.2 Å². The van der Waals surface area contributed by atoms with Crippen molar-refractivity contribution in [3.05, 3.63) is 33.8 Å². The Balaban J connectivity index is 2.17. The third-order valence-corrected chi connectivity index (χ3v) is 4.11. The first-order valence-corrected chi connectivity index (χ1v) is 7.03. The highest BCUT2D eigenvalue weighted by molar-refractivity contribution is 7.80. The van der Waals surface area contributed by atoms with E-state index in [1.54, 1.807) is 6.07 Å². The van der Waals surface area contributed by atoms with Gasteiger partial charge in [-0.3, -0.25) is 0 Å². The quantitative estimate of drug-likeness (QED) is 0.733. The van der Waals surface area contributed by atoms with Gasteiger partial charge in [-0.2, -0.15) is 0 Å². The lowest BCUT2D eigenvalue weighted by molar-refractivity contribution is -0.0472. The van der Waals surface area contributed by atoms with Gasteiger partial charge < -0.3 is 9.64 Å². The van der Waals surface area contributed by atoms with Crippen molar-refractivity contribution in [2.75, 3.05) is 13.1 Å². The van der Waals surface area contributed by atoms with Crippen molar-refractivity contribution in [3.8, 4) is 0 Å². The fourth-order valence-corrected chi connectivity index (χ4v) is 2.73. The minimum absolute atomic E-state index is 0.189. The summed E-state index contributed by atoms with van der Waals surface area (Å²) in [5.74, 6) is 0. The van der Waals surface area contributed by atoms with Crippen LogP contribution in [0.2, 0.25) is 10.0 Å². The molecule has 2 atom stereocenters. The highest BCUT2D eigenvalue weighted by Crippen LogP contribution is 2.24. The molecule has 1 fully saturated rings. The number of hydrogen-bond acceptors (Lipinski definition) is 2. The Morgan fingerprint density at radius 3 is 2.39 bits per heavy atom. The van der Waals surface area contributed by atoms with Crippen molar-refractivity contribution in [2.24, 2.45) is 0 Å². The molecule has 1 heterocycles. The van der Waals surface area contributed by atoms with Crippen LogP contribution in [0.25, 0.3) is 0 Å². The van der Waals surface area contributed by atoms with Gasteiger partial charge in [-0.05, 0) is 26.0 Å². The summed E-state index contributed by atoms with van der Waals surface area (Å²) in [7, 11) is 0. The molecule has 1 aliphatic heterocycles. The number of halogens is 2. The first kappa shape index (κ1) is 14.1. The molecule has 0 radical (unpaired) electrons. The summed E-state index contributed by atoms with van der Waals surface area (Å²) in [6.45, 7) is 5.73. The maximum atomic E-state index is 6.02. The molecule has 1 aliphatic rings. The smallest absolute Gasteiger partial charge is 0.109 e. The Hall–Kier alpha value is -0.350. The van der Waals surface area contributed by atoms with Crippen LogP contribution in [0.3, 0.4) is 0 Å². The zero-order valence-electron chi connectivity index (χ0n) is 10.3. The Bertz CT molecular complexity index is 456.